The molecule has 0 aliphatic heterocycles. The van der Waals surface area contributed by atoms with Gasteiger partial charge in [-0.25, -0.2) is 4.98 Å². The molecule has 0 aliphatic carbocycles. The van der Waals surface area contributed by atoms with Crippen molar-refractivity contribution in [2.75, 3.05) is 4.90 Å². The molecule has 4 nitrogen and oxygen atoms in total. The second-order valence-electron chi connectivity index (χ2n) is 12.7. The van der Waals surface area contributed by atoms with E-state index in [1.165, 1.54) is 43.8 Å². The summed E-state index contributed by atoms with van der Waals surface area (Å²) in [6.07, 6.45) is 3.57. The van der Waals surface area contributed by atoms with Crippen molar-refractivity contribution in [3.05, 3.63) is 176 Å². The first-order chi connectivity index (χ1) is 24.7. The molecule has 0 saturated heterocycles. The Kier molecular flexibility index (Phi) is 6.46. The summed E-state index contributed by atoms with van der Waals surface area (Å²) in [6, 6.07) is 58.5. The van der Waals surface area contributed by atoms with E-state index in [4.69, 9.17) is 9.40 Å². The quantitative estimate of drug-likeness (QED) is 0.188. The minimum atomic E-state index is 0.615. The number of benzene rings is 7. The highest BCUT2D eigenvalue weighted by Crippen LogP contribution is 2.40. The standard InChI is InChI=1S/C46H29N3O/c1-3-7-34-25-36(11-9-30(34)5-1)32-13-17-39(18-14-32)49(40-19-15-33(16-20-40)37-12-10-31-6-2-4-8-35(31)26-37)41-21-22-42-43-27-38-23-24-47-29-44(38)48-46(43)50-45(42)28-41/h1-29H. The van der Waals surface area contributed by atoms with E-state index in [-0.39, 0.29) is 0 Å². The molecule has 0 saturated carbocycles. The molecule has 0 fully saturated rings. The second kappa shape index (κ2) is 11.4. The van der Waals surface area contributed by atoms with Crippen LogP contribution in [0.3, 0.4) is 0 Å². The first-order valence-corrected chi connectivity index (χ1v) is 16.8. The summed E-state index contributed by atoms with van der Waals surface area (Å²) < 4.78 is 6.38. The summed E-state index contributed by atoms with van der Waals surface area (Å²) in [6.45, 7) is 0. The molecule has 50 heavy (non-hydrogen) atoms. The van der Waals surface area contributed by atoms with Crippen LogP contribution in [0.4, 0.5) is 17.1 Å². The topological polar surface area (TPSA) is 42.2 Å². The molecular formula is C46H29N3O. The van der Waals surface area contributed by atoms with Crippen molar-refractivity contribution in [1.29, 1.82) is 0 Å². The number of nitrogens with zero attached hydrogens (tertiary/aromatic N) is 3. The van der Waals surface area contributed by atoms with Gasteiger partial charge < -0.3 is 9.32 Å². The van der Waals surface area contributed by atoms with Gasteiger partial charge in [0.15, 0.2) is 0 Å². The van der Waals surface area contributed by atoms with Crippen LogP contribution in [-0.4, -0.2) is 9.97 Å². The molecule has 0 N–H and O–H groups in total. The molecule has 0 aliphatic rings. The zero-order valence-electron chi connectivity index (χ0n) is 27.0. The number of furan rings is 1. The average Bonchev–Trinajstić information content (AvgIpc) is 3.53. The molecular weight excluding hydrogens is 611 g/mol. The molecule has 7 aromatic carbocycles. The van der Waals surface area contributed by atoms with Crippen LogP contribution >= 0.6 is 0 Å². The number of rotatable bonds is 5. The SMILES string of the molecule is c1ccc2cc(-c3ccc(N(c4ccc(-c5ccc6ccccc6c5)cc4)c4ccc5c(c4)oc4nc6cnccc6cc45)cc3)ccc2c1. The minimum Gasteiger partial charge on any atom is -0.438 e. The molecule has 0 atom stereocenters. The molecule has 0 amide bonds. The second-order valence-corrected chi connectivity index (χ2v) is 12.7. The maximum Gasteiger partial charge on any atom is 0.227 e. The van der Waals surface area contributed by atoms with Crippen LogP contribution in [0.25, 0.3) is 76.8 Å². The molecule has 0 spiro atoms. The van der Waals surface area contributed by atoms with Gasteiger partial charge in [0.05, 0.1) is 11.7 Å². The van der Waals surface area contributed by atoms with Gasteiger partial charge in [-0.05, 0) is 104 Å². The lowest BCUT2D eigenvalue weighted by molar-refractivity contribution is 0.656. The van der Waals surface area contributed by atoms with E-state index >= 15 is 0 Å². The Hall–Kier alpha value is -6.78. The molecule has 10 aromatic rings. The molecule has 234 valence electrons. The molecule has 3 heterocycles. The van der Waals surface area contributed by atoms with Crippen molar-refractivity contribution in [2.24, 2.45) is 0 Å². The smallest absolute Gasteiger partial charge is 0.227 e. The zero-order valence-corrected chi connectivity index (χ0v) is 27.0. The number of pyridine rings is 2. The highest BCUT2D eigenvalue weighted by Gasteiger charge is 2.17. The normalized spacial score (nSPS) is 11.6. The van der Waals surface area contributed by atoms with Gasteiger partial charge in [-0.1, -0.05) is 97.1 Å². The van der Waals surface area contributed by atoms with Crippen molar-refractivity contribution < 1.29 is 4.42 Å². The van der Waals surface area contributed by atoms with Crippen LogP contribution in [-0.2, 0) is 0 Å². The molecule has 0 unspecified atom stereocenters. The maximum absolute atomic E-state index is 6.38. The van der Waals surface area contributed by atoms with Crippen LogP contribution in [0.5, 0.6) is 0 Å². The van der Waals surface area contributed by atoms with Crippen LogP contribution < -0.4 is 4.90 Å². The summed E-state index contributed by atoms with van der Waals surface area (Å²) in [5.41, 5.74) is 10.1. The lowest BCUT2D eigenvalue weighted by Gasteiger charge is -2.26. The molecule has 10 rings (SSSR count). The monoisotopic (exact) mass is 639 g/mol. The predicted molar refractivity (Wildman–Crippen MR) is 207 cm³/mol. The maximum atomic E-state index is 6.38. The molecule has 0 bridgehead atoms. The van der Waals surface area contributed by atoms with Gasteiger partial charge >= 0.3 is 0 Å². The van der Waals surface area contributed by atoms with Gasteiger partial charge in [0.1, 0.15) is 5.58 Å². The van der Waals surface area contributed by atoms with Gasteiger partial charge in [-0.3, -0.25) is 4.98 Å². The fourth-order valence-electron chi connectivity index (χ4n) is 7.12. The Morgan fingerprint density at radius 1 is 0.420 bits per heavy atom. The average molecular weight is 640 g/mol. The largest absolute Gasteiger partial charge is 0.438 e. The molecule has 3 aromatic heterocycles. The minimum absolute atomic E-state index is 0.615. The highest BCUT2D eigenvalue weighted by atomic mass is 16.3. The van der Waals surface area contributed by atoms with Gasteiger partial charge in [-0.15, -0.1) is 0 Å². The number of aromatic nitrogens is 2. The van der Waals surface area contributed by atoms with Crippen molar-refractivity contribution in [3.63, 3.8) is 0 Å². The Morgan fingerprint density at radius 2 is 0.980 bits per heavy atom. The van der Waals surface area contributed by atoms with E-state index < -0.39 is 0 Å². The third kappa shape index (κ3) is 4.85. The third-order valence-electron chi connectivity index (χ3n) is 9.72. The molecule has 0 radical (unpaired) electrons. The van der Waals surface area contributed by atoms with E-state index in [1.54, 1.807) is 12.4 Å². The van der Waals surface area contributed by atoms with Gasteiger partial charge in [0.2, 0.25) is 5.71 Å². The number of fused-ring (bicyclic) bond motifs is 6. The summed E-state index contributed by atoms with van der Waals surface area (Å²) >= 11 is 0. The number of anilines is 3. The Labute approximate surface area is 288 Å². The van der Waals surface area contributed by atoms with E-state index in [1.807, 2.05) is 6.07 Å². The third-order valence-corrected chi connectivity index (χ3v) is 9.72. The van der Waals surface area contributed by atoms with Crippen molar-refractivity contribution in [2.45, 2.75) is 0 Å². The summed E-state index contributed by atoms with van der Waals surface area (Å²) in [5, 5.41) is 8.03. The van der Waals surface area contributed by atoms with E-state index in [2.05, 4.69) is 168 Å². The first-order valence-electron chi connectivity index (χ1n) is 16.8. The Bertz CT molecular complexity index is 2750. The van der Waals surface area contributed by atoms with Crippen molar-refractivity contribution in [3.8, 4) is 22.3 Å². The van der Waals surface area contributed by atoms with Gasteiger partial charge in [-0.2, -0.15) is 0 Å². The van der Waals surface area contributed by atoms with E-state index in [0.29, 0.717) is 5.71 Å². The number of hydrogen-bond acceptors (Lipinski definition) is 4. The summed E-state index contributed by atoms with van der Waals surface area (Å²) in [7, 11) is 0. The van der Waals surface area contributed by atoms with Crippen LogP contribution in [0.15, 0.2) is 181 Å². The predicted octanol–water partition coefficient (Wildman–Crippen LogP) is 12.6. The fraction of sp³-hybridized carbons (Fsp3) is 0. The van der Waals surface area contributed by atoms with E-state index in [0.717, 1.165) is 44.3 Å². The van der Waals surface area contributed by atoms with Crippen molar-refractivity contribution >= 4 is 71.6 Å². The first kappa shape index (κ1) is 28.3. The Balaban J connectivity index is 1.08. The zero-order chi connectivity index (χ0) is 33.0. The fourth-order valence-corrected chi connectivity index (χ4v) is 7.12. The van der Waals surface area contributed by atoms with Gasteiger partial charge in [0.25, 0.3) is 0 Å². The van der Waals surface area contributed by atoms with Crippen LogP contribution in [0, 0.1) is 0 Å². The summed E-state index contributed by atoms with van der Waals surface area (Å²) in [4.78, 5) is 11.3. The Morgan fingerprint density at radius 3 is 1.60 bits per heavy atom. The lowest BCUT2D eigenvalue weighted by atomic mass is 10.00. The van der Waals surface area contributed by atoms with Crippen molar-refractivity contribution in [1.82, 2.24) is 9.97 Å². The van der Waals surface area contributed by atoms with Gasteiger partial charge in [0, 0.05) is 45.5 Å². The van der Waals surface area contributed by atoms with Crippen LogP contribution in [0.1, 0.15) is 0 Å². The van der Waals surface area contributed by atoms with Crippen LogP contribution in [0.2, 0.25) is 0 Å². The highest BCUT2D eigenvalue weighted by molar-refractivity contribution is 6.08. The lowest BCUT2D eigenvalue weighted by Crippen LogP contribution is -2.09. The summed E-state index contributed by atoms with van der Waals surface area (Å²) in [5.74, 6) is 0. The number of hydrogen-bond donors (Lipinski definition) is 0. The molecule has 4 heteroatoms. The van der Waals surface area contributed by atoms with E-state index in [9.17, 15) is 0 Å².